The van der Waals surface area contributed by atoms with Gasteiger partial charge in [0.15, 0.2) is 0 Å². The molecule has 26 heavy (non-hydrogen) atoms. The van der Waals surface area contributed by atoms with Crippen LogP contribution in [-0.4, -0.2) is 44.8 Å². The average Bonchev–Trinajstić information content (AvgIpc) is 2.64. The van der Waals surface area contributed by atoms with Crippen LogP contribution in [0.4, 0.5) is 5.95 Å². The second-order valence-electron chi connectivity index (χ2n) is 5.84. The number of hydrogen-bond acceptors (Lipinski definition) is 6. The maximum atomic E-state index is 12.2. The van der Waals surface area contributed by atoms with E-state index in [4.69, 9.17) is 0 Å². The van der Waals surface area contributed by atoms with E-state index in [0.29, 0.717) is 25.6 Å². The van der Waals surface area contributed by atoms with Crippen LogP contribution in [0.3, 0.4) is 0 Å². The third kappa shape index (κ3) is 4.89. The summed E-state index contributed by atoms with van der Waals surface area (Å²) < 4.78 is 0. The number of amides is 2. The molecule has 3 heterocycles. The van der Waals surface area contributed by atoms with E-state index in [0.717, 1.165) is 17.5 Å². The third-order valence-electron chi connectivity index (χ3n) is 4.07. The lowest BCUT2D eigenvalue weighted by atomic mass is 9.97. The van der Waals surface area contributed by atoms with Gasteiger partial charge in [0.1, 0.15) is 0 Å². The molecule has 0 spiro atoms. The molecule has 0 aromatic carbocycles. The summed E-state index contributed by atoms with van der Waals surface area (Å²) >= 11 is 0. The zero-order valence-corrected chi connectivity index (χ0v) is 15.3. The molecule has 138 valence electrons. The van der Waals surface area contributed by atoms with Crippen molar-refractivity contribution in [3.05, 3.63) is 47.5 Å². The first-order valence-electron chi connectivity index (χ1n) is 8.11. The fraction of sp³-hybridized carbons (Fsp3) is 0.353. The van der Waals surface area contributed by atoms with Gasteiger partial charge in [0.2, 0.25) is 17.8 Å². The molecule has 2 amide bonds. The first-order valence-corrected chi connectivity index (χ1v) is 8.11. The molecule has 1 aliphatic rings. The quantitative estimate of drug-likeness (QED) is 0.805. The molecule has 2 N–H and O–H groups in total. The number of carbonyl (C=O) groups is 2. The summed E-state index contributed by atoms with van der Waals surface area (Å²) in [5.74, 6) is 0.286. The maximum absolute atomic E-state index is 12.2. The first kappa shape index (κ1) is 19.6. The largest absolute Gasteiger partial charge is 0.350 e. The Labute approximate surface area is 157 Å². The van der Waals surface area contributed by atoms with Gasteiger partial charge in [-0.15, -0.1) is 12.4 Å². The molecule has 3 rings (SSSR count). The van der Waals surface area contributed by atoms with E-state index in [2.05, 4.69) is 25.6 Å². The van der Waals surface area contributed by atoms with E-state index in [-0.39, 0.29) is 30.8 Å². The molecule has 2 aromatic rings. The molecule has 0 aliphatic carbocycles. The number of rotatable bonds is 5. The number of pyridine rings is 1. The second-order valence-corrected chi connectivity index (χ2v) is 5.84. The van der Waals surface area contributed by atoms with Crippen LogP contribution in [0.5, 0.6) is 0 Å². The number of halogens is 1. The molecule has 0 fully saturated rings. The van der Waals surface area contributed by atoms with Crippen LogP contribution in [0.1, 0.15) is 23.6 Å². The van der Waals surface area contributed by atoms with Crippen molar-refractivity contribution in [1.82, 2.24) is 25.2 Å². The Morgan fingerprint density at radius 2 is 2.00 bits per heavy atom. The number of nitrogens with one attached hydrogen (secondary N) is 2. The van der Waals surface area contributed by atoms with Gasteiger partial charge in [-0.05, 0) is 29.2 Å². The Balaban J connectivity index is 0.00000243. The minimum absolute atomic E-state index is 0. The number of anilines is 1. The van der Waals surface area contributed by atoms with Gasteiger partial charge in [-0.1, -0.05) is 0 Å². The minimum atomic E-state index is -0.205. The number of aromatic nitrogens is 3. The average molecular weight is 377 g/mol. The molecule has 9 heteroatoms. The number of fused-ring (bicyclic) bond motifs is 1. The Kier molecular flexibility index (Phi) is 6.85. The molecule has 0 saturated carbocycles. The molecule has 0 atom stereocenters. The van der Waals surface area contributed by atoms with E-state index in [9.17, 15) is 9.59 Å². The van der Waals surface area contributed by atoms with Gasteiger partial charge in [-0.2, -0.15) is 0 Å². The number of carbonyl (C=O) groups excluding carboxylic acids is 2. The van der Waals surface area contributed by atoms with Crippen molar-refractivity contribution in [2.45, 2.75) is 26.4 Å². The topological polar surface area (TPSA) is 100 Å². The van der Waals surface area contributed by atoms with Crippen molar-refractivity contribution >= 4 is 30.2 Å². The first-order chi connectivity index (χ1) is 12.1. The van der Waals surface area contributed by atoms with Crippen molar-refractivity contribution in [3.8, 4) is 0 Å². The summed E-state index contributed by atoms with van der Waals surface area (Å²) in [4.78, 5) is 37.5. The van der Waals surface area contributed by atoms with Gasteiger partial charge in [0.25, 0.3) is 0 Å². The highest BCUT2D eigenvalue weighted by molar-refractivity contribution is 5.85. The highest BCUT2D eigenvalue weighted by Gasteiger charge is 2.22. The van der Waals surface area contributed by atoms with Gasteiger partial charge < -0.3 is 15.5 Å². The zero-order valence-electron chi connectivity index (χ0n) is 14.4. The van der Waals surface area contributed by atoms with Crippen LogP contribution >= 0.6 is 12.4 Å². The van der Waals surface area contributed by atoms with Gasteiger partial charge >= 0.3 is 0 Å². The van der Waals surface area contributed by atoms with E-state index >= 15 is 0 Å². The molecule has 0 saturated heterocycles. The van der Waals surface area contributed by atoms with Crippen LogP contribution in [-0.2, 0) is 29.1 Å². The highest BCUT2D eigenvalue weighted by Crippen LogP contribution is 2.22. The van der Waals surface area contributed by atoms with Crippen molar-refractivity contribution in [2.75, 3.05) is 18.4 Å². The number of nitrogens with zero attached hydrogens (tertiary/aromatic N) is 4. The fourth-order valence-corrected chi connectivity index (χ4v) is 2.81. The van der Waals surface area contributed by atoms with Crippen LogP contribution in [0.15, 0.2) is 30.9 Å². The monoisotopic (exact) mass is 376 g/mol. The summed E-state index contributed by atoms with van der Waals surface area (Å²) in [6.07, 6.45) is 7.77. The van der Waals surface area contributed by atoms with Gasteiger partial charge in [-0.3, -0.25) is 14.6 Å². The van der Waals surface area contributed by atoms with Crippen LogP contribution in [0.2, 0.25) is 0 Å². The summed E-state index contributed by atoms with van der Waals surface area (Å²) in [5, 5.41) is 5.73. The van der Waals surface area contributed by atoms with Crippen LogP contribution in [0.25, 0.3) is 0 Å². The predicted octanol–water partition coefficient (Wildman–Crippen LogP) is 0.926. The lowest BCUT2D eigenvalue weighted by molar-refractivity contribution is -0.133. The van der Waals surface area contributed by atoms with E-state index in [1.807, 2.05) is 6.20 Å². The van der Waals surface area contributed by atoms with Crippen LogP contribution < -0.4 is 10.6 Å². The summed E-state index contributed by atoms with van der Waals surface area (Å²) in [6.45, 7) is 3.16. The van der Waals surface area contributed by atoms with E-state index < -0.39 is 0 Å². The molecule has 0 unspecified atom stereocenters. The molecule has 0 bridgehead atoms. The highest BCUT2D eigenvalue weighted by atomic mass is 35.5. The molecule has 2 aromatic heterocycles. The molecule has 0 radical (unpaired) electrons. The van der Waals surface area contributed by atoms with Crippen molar-refractivity contribution in [1.29, 1.82) is 0 Å². The standard InChI is InChI=1S/C17H20N6O2.ClH/c1-12(24)21-10-16(25)23-6-3-15-13(7-18-8-14(15)11-23)9-22-17-19-4-2-5-20-17;/h2,4-5,7-8H,3,6,9-11H2,1H3,(H,21,24)(H,19,20,22);1H. The smallest absolute Gasteiger partial charge is 0.242 e. The summed E-state index contributed by atoms with van der Waals surface area (Å²) in [5.41, 5.74) is 3.33. The Hall–Kier alpha value is -2.74. The molecular formula is C17H21ClN6O2. The minimum Gasteiger partial charge on any atom is -0.350 e. The van der Waals surface area contributed by atoms with E-state index in [1.54, 1.807) is 29.6 Å². The van der Waals surface area contributed by atoms with Crippen molar-refractivity contribution < 1.29 is 9.59 Å². The lowest BCUT2D eigenvalue weighted by Gasteiger charge is -2.30. The van der Waals surface area contributed by atoms with Gasteiger partial charge in [0, 0.05) is 51.3 Å². The van der Waals surface area contributed by atoms with Crippen LogP contribution in [0, 0.1) is 0 Å². The predicted molar refractivity (Wildman–Crippen MR) is 98.6 cm³/mol. The number of hydrogen-bond donors (Lipinski definition) is 2. The molecular weight excluding hydrogens is 356 g/mol. The molecule has 1 aliphatic heterocycles. The Bertz CT molecular complexity index is 771. The second kappa shape index (κ2) is 9.10. The van der Waals surface area contributed by atoms with Crippen molar-refractivity contribution in [3.63, 3.8) is 0 Å². The zero-order chi connectivity index (χ0) is 17.6. The normalized spacial score (nSPS) is 12.6. The van der Waals surface area contributed by atoms with Gasteiger partial charge in [-0.25, -0.2) is 9.97 Å². The fourth-order valence-electron chi connectivity index (χ4n) is 2.81. The lowest BCUT2D eigenvalue weighted by Crippen LogP contribution is -2.42. The van der Waals surface area contributed by atoms with Crippen molar-refractivity contribution in [2.24, 2.45) is 0 Å². The summed E-state index contributed by atoms with van der Waals surface area (Å²) in [7, 11) is 0. The van der Waals surface area contributed by atoms with E-state index in [1.165, 1.54) is 12.5 Å². The van der Waals surface area contributed by atoms with Gasteiger partial charge in [0.05, 0.1) is 6.54 Å². The Morgan fingerprint density at radius 3 is 2.73 bits per heavy atom. The maximum Gasteiger partial charge on any atom is 0.242 e. The Morgan fingerprint density at radius 1 is 1.23 bits per heavy atom. The molecule has 8 nitrogen and oxygen atoms in total. The SMILES string of the molecule is CC(=O)NCC(=O)N1CCc2c(CNc3ncccn3)cncc2C1.Cl. The third-order valence-corrected chi connectivity index (χ3v) is 4.07. The summed E-state index contributed by atoms with van der Waals surface area (Å²) in [6, 6.07) is 1.77.